The number of carbonyl (C=O) groups excluding carboxylic acids is 2. The highest BCUT2D eigenvalue weighted by molar-refractivity contribution is 6.33. The van der Waals surface area contributed by atoms with Gasteiger partial charge in [0.2, 0.25) is 0 Å². The number of nitrogens with zero attached hydrogens (tertiary/aromatic N) is 2. The lowest BCUT2D eigenvalue weighted by Gasteiger charge is -2.35. The van der Waals surface area contributed by atoms with E-state index in [1.807, 2.05) is 0 Å². The van der Waals surface area contributed by atoms with E-state index < -0.39 is 5.82 Å². The summed E-state index contributed by atoms with van der Waals surface area (Å²) in [5, 5.41) is 0.0804. The number of piperazine rings is 1. The van der Waals surface area contributed by atoms with Gasteiger partial charge < -0.3 is 19.3 Å². The molecular weight excluding hydrogens is 423 g/mol. The Bertz CT molecular complexity index is 945. The SMILES string of the molecule is CCCCOc1ccc(C(=O)N2CCN(C(=O)c3ccc(F)cc3Cl)CC2)cc1OC. The van der Waals surface area contributed by atoms with Gasteiger partial charge in [0, 0.05) is 31.7 Å². The van der Waals surface area contributed by atoms with Crippen LogP contribution < -0.4 is 9.47 Å². The molecule has 1 aliphatic rings. The first kappa shape index (κ1) is 22.9. The molecule has 0 radical (unpaired) electrons. The highest BCUT2D eigenvalue weighted by Crippen LogP contribution is 2.29. The van der Waals surface area contributed by atoms with Crippen LogP contribution >= 0.6 is 11.6 Å². The Morgan fingerprint density at radius 1 is 1.00 bits per heavy atom. The molecule has 0 aromatic heterocycles. The van der Waals surface area contributed by atoms with Crippen molar-refractivity contribution in [2.75, 3.05) is 39.9 Å². The lowest BCUT2D eigenvalue weighted by Crippen LogP contribution is -2.50. The Hall–Kier alpha value is -2.80. The van der Waals surface area contributed by atoms with E-state index in [0.717, 1.165) is 18.9 Å². The van der Waals surface area contributed by atoms with Crippen LogP contribution in [-0.2, 0) is 0 Å². The summed E-state index contributed by atoms with van der Waals surface area (Å²) in [5.74, 6) is 0.229. The van der Waals surface area contributed by atoms with Gasteiger partial charge in [-0.05, 0) is 42.8 Å². The number of methoxy groups -OCH3 is 1. The molecule has 2 aromatic rings. The summed E-state index contributed by atoms with van der Waals surface area (Å²) < 4.78 is 24.3. The van der Waals surface area contributed by atoms with Gasteiger partial charge >= 0.3 is 0 Å². The van der Waals surface area contributed by atoms with Crippen LogP contribution in [0.3, 0.4) is 0 Å². The molecule has 0 atom stereocenters. The summed E-state index contributed by atoms with van der Waals surface area (Å²) in [5.41, 5.74) is 0.757. The molecule has 0 saturated carbocycles. The van der Waals surface area contributed by atoms with Crippen molar-refractivity contribution >= 4 is 23.4 Å². The van der Waals surface area contributed by atoms with Gasteiger partial charge in [-0.3, -0.25) is 9.59 Å². The third kappa shape index (κ3) is 5.47. The molecule has 6 nitrogen and oxygen atoms in total. The van der Waals surface area contributed by atoms with Crippen molar-refractivity contribution < 1.29 is 23.5 Å². The molecular formula is C23H26ClFN2O4. The number of benzene rings is 2. The Kier molecular flexibility index (Phi) is 7.74. The maximum Gasteiger partial charge on any atom is 0.255 e. The van der Waals surface area contributed by atoms with Crippen LogP contribution in [-0.4, -0.2) is 61.5 Å². The second-order valence-corrected chi connectivity index (χ2v) is 7.68. The van der Waals surface area contributed by atoms with E-state index in [1.54, 1.807) is 35.1 Å². The van der Waals surface area contributed by atoms with E-state index in [9.17, 15) is 14.0 Å². The fourth-order valence-corrected chi connectivity index (χ4v) is 3.62. The summed E-state index contributed by atoms with van der Waals surface area (Å²) in [6.45, 7) is 4.19. The van der Waals surface area contributed by atoms with Gasteiger partial charge in [-0.25, -0.2) is 4.39 Å². The van der Waals surface area contributed by atoms with Crippen LogP contribution in [0.4, 0.5) is 4.39 Å². The van der Waals surface area contributed by atoms with Crippen molar-refractivity contribution in [3.63, 3.8) is 0 Å². The summed E-state index contributed by atoms with van der Waals surface area (Å²) in [7, 11) is 1.54. The van der Waals surface area contributed by atoms with Crippen molar-refractivity contribution in [1.82, 2.24) is 9.80 Å². The molecule has 3 rings (SSSR count). The van der Waals surface area contributed by atoms with E-state index in [1.165, 1.54) is 12.1 Å². The van der Waals surface area contributed by atoms with Gasteiger partial charge in [-0.2, -0.15) is 0 Å². The molecule has 0 aliphatic carbocycles. The highest BCUT2D eigenvalue weighted by atomic mass is 35.5. The third-order valence-corrected chi connectivity index (χ3v) is 5.49. The first-order chi connectivity index (χ1) is 14.9. The van der Waals surface area contributed by atoms with E-state index in [-0.39, 0.29) is 22.4 Å². The van der Waals surface area contributed by atoms with Crippen molar-refractivity contribution in [3.8, 4) is 11.5 Å². The van der Waals surface area contributed by atoms with Gasteiger partial charge in [0.15, 0.2) is 11.5 Å². The predicted molar refractivity (Wildman–Crippen MR) is 117 cm³/mol. The van der Waals surface area contributed by atoms with Crippen molar-refractivity contribution in [2.45, 2.75) is 19.8 Å². The first-order valence-electron chi connectivity index (χ1n) is 10.3. The average molecular weight is 449 g/mol. The smallest absolute Gasteiger partial charge is 0.255 e. The van der Waals surface area contributed by atoms with Crippen LogP contribution in [0.25, 0.3) is 0 Å². The van der Waals surface area contributed by atoms with E-state index in [4.69, 9.17) is 21.1 Å². The van der Waals surface area contributed by atoms with Crippen molar-refractivity contribution in [1.29, 1.82) is 0 Å². The van der Waals surface area contributed by atoms with Crippen LogP contribution in [0.2, 0.25) is 5.02 Å². The zero-order valence-electron chi connectivity index (χ0n) is 17.7. The molecule has 1 heterocycles. The molecule has 0 bridgehead atoms. The topological polar surface area (TPSA) is 59.1 Å². The van der Waals surface area contributed by atoms with Gasteiger partial charge in [-0.1, -0.05) is 24.9 Å². The lowest BCUT2D eigenvalue weighted by atomic mass is 10.1. The largest absolute Gasteiger partial charge is 0.493 e. The Labute approximate surface area is 186 Å². The molecule has 0 unspecified atom stereocenters. The molecule has 1 saturated heterocycles. The van der Waals surface area contributed by atoms with Gasteiger partial charge in [0.25, 0.3) is 11.8 Å². The van der Waals surface area contributed by atoms with Crippen LogP contribution in [0.5, 0.6) is 11.5 Å². The van der Waals surface area contributed by atoms with E-state index >= 15 is 0 Å². The maximum atomic E-state index is 13.2. The molecule has 1 fully saturated rings. The number of hydrogen-bond donors (Lipinski definition) is 0. The minimum absolute atomic E-state index is 0.0804. The molecule has 0 spiro atoms. The monoisotopic (exact) mass is 448 g/mol. The fraction of sp³-hybridized carbons (Fsp3) is 0.391. The minimum atomic E-state index is -0.492. The summed E-state index contributed by atoms with van der Waals surface area (Å²) in [6.07, 6.45) is 1.97. The van der Waals surface area contributed by atoms with E-state index in [2.05, 4.69) is 6.92 Å². The van der Waals surface area contributed by atoms with Gasteiger partial charge in [0.05, 0.1) is 24.3 Å². The summed E-state index contributed by atoms with van der Waals surface area (Å²) in [4.78, 5) is 28.9. The number of carbonyl (C=O) groups is 2. The predicted octanol–water partition coefficient (Wildman–Crippen LogP) is 4.26. The number of halogens is 2. The zero-order chi connectivity index (χ0) is 22.4. The number of amides is 2. The fourth-order valence-electron chi connectivity index (χ4n) is 3.37. The van der Waals surface area contributed by atoms with Gasteiger partial charge in [-0.15, -0.1) is 0 Å². The normalized spacial score (nSPS) is 13.8. The zero-order valence-corrected chi connectivity index (χ0v) is 18.5. The molecule has 8 heteroatoms. The Morgan fingerprint density at radius 3 is 2.29 bits per heavy atom. The Balaban J connectivity index is 1.62. The average Bonchev–Trinajstić information content (AvgIpc) is 2.78. The molecule has 2 aromatic carbocycles. The number of ether oxygens (including phenoxy) is 2. The molecule has 0 N–H and O–H groups in total. The Morgan fingerprint density at radius 2 is 1.68 bits per heavy atom. The quantitative estimate of drug-likeness (QED) is 0.594. The number of unbranched alkanes of at least 4 members (excludes halogenated alkanes) is 1. The maximum absolute atomic E-state index is 13.2. The van der Waals surface area contributed by atoms with Crippen LogP contribution in [0, 0.1) is 5.82 Å². The molecule has 166 valence electrons. The van der Waals surface area contributed by atoms with E-state index in [0.29, 0.717) is 49.8 Å². The van der Waals surface area contributed by atoms with Crippen molar-refractivity contribution in [3.05, 3.63) is 58.4 Å². The molecule has 2 amide bonds. The second-order valence-electron chi connectivity index (χ2n) is 7.28. The number of hydrogen-bond acceptors (Lipinski definition) is 4. The van der Waals surface area contributed by atoms with Crippen LogP contribution in [0.1, 0.15) is 40.5 Å². The van der Waals surface area contributed by atoms with Crippen LogP contribution in [0.15, 0.2) is 36.4 Å². The van der Waals surface area contributed by atoms with Crippen molar-refractivity contribution in [2.24, 2.45) is 0 Å². The third-order valence-electron chi connectivity index (χ3n) is 5.18. The molecule has 1 aliphatic heterocycles. The summed E-state index contributed by atoms with van der Waals surface area (Å²) >= 11 is 6.01. The molecule has 31 heavy (non-hydrogen) atoms. The lowest BCUT2D eigenvalue weighted by molar-refractivity contribution is 0.0535. The highest BCUT2D eigenvalue weighted by Gasteiger charge is 2.27. The standard InChI is InChI=1S/C23H26ClFN2O4/c1-3-4-13-31-20-8-5-16(14-21(20)30-2)22(28)26-9-11-27(12-10-26)23(29)18-7-6-17(25)15-19(18)24/h5-8,14-15H,3-4,9-13H2,1-2H3. The second kappa shape index (κ2) is 10.5. The minimum Gasteiger partial charge on any atom is -0.493 e. The first-order valence-corrected chi connectivity index (χ1v) is 10.7. The summed E-state index contributed by atoms with van der Waals surface area (Å²) in [6, 6.07) is 8.87. The van der Waals surface area contributed by atoms with Gasteiger partial charge in [0.1, 0.15) is 5.82 Å². The number of rotatable bonds is 7.